The van der Waals surface area contributed by atoms with Crippen molar-refractivity contribution in [3.63, 3.8) is 0 Å². The quantitative estimate of drug-likeness (QED) is 0.583. The molecule has 18 heavy (non-hydrogen) atoms. The van der Waals surface area contributed by atoms with Crippen molar-refractivity contribution in [2.24, 2.45) is 0 Å². The second kappa shape index (κ2) is 5.14. The van der Waals surface area contributed by atoms with E-state index in [1.165, 1.54) is 36.4 Å². The molecule has 0 radical (unpaired) electrons. The molecule has 92 valence electrons. The fourth-order valence-electron chi connectivity index (χ4n) is 1.70. The van der Waals surface area contributed by atoms with Gasteiger partial charge in [-0.05, 0) is 71.5 Å². The van der Waals surface area contributed by atoms with Crippen LogP contribution in [0, 0.1) is 22.1 Å². The third kappa shape index (κ3) is 2.58. The van der Waals surface area contributed by atoms with Crippen LogP contribution in [0.3, 0.4) is 0 Å². The van der Waals surface area contributed by atoms with Crippen LogP contribution in [0.2, 0.25) is 0 Å². The SMILES string of the molecule is Cc1cc(F)ccc1C(=O)c1ccc(F)cc1I. The number of rotatable bonds is 2. The maximum Gasteiger partial charge on any atom is 0.194 e. The van der Waals surface area contributed by atoms with Crippen LogP contribution in [0.25, 0.3) is 0 Å². The molecule has 0 unspecified atom stereocenters. The van der Waals surface area contributed by atoms with E-state index in [0.717, 1.165) is 0 Å². The molecule has 0 N–H and O–H groups in total. The third-order valence-corrected chi connectivity index (χ3v) is 3.50. The lowest BCUT2D eigenvalue weighted by Gasteiger charge is -2.07. The fraction of sp³-hybridized carbons (Fsp3) is 0.0714. The molecule has 0 spiro atoms. The van der Waals surface area contributed by atoms with E-state index in [4.69, 9.17) is 0 Å². The number of hydrogen-bond donors (Lipinski definition) is 0. The summed E-state index contributed by atoms with van der Waals surface area (Å²) in [6.07, 6.45) is 0. The molecule has 0 aliphatic heterocycles. The zero-order chi connectivity index (χ0) is 13.3. The van der Waals surface area contributed by atoms with Crippen LogP contribution in [0.1, 0.15) is 21.5 Å². The summed E-state index contributed by atoms with van der Waals surface area (Å²) in [4.78, 5) is 12.3. The van der Waals surface area contributed by atoms with Gasteiger partial charge >= 0.3 is 0 Å². The zero-order valence-electron chi connectivity index (χ0n) is 9.51. The summed E-state index contributed by atoms with van der Waals surface area (Å²) in [5, 5.41) is 0. The molecule has 0 saturated heterocycles. The molecule has 0 amide bonds. The number of carbonyl (C=O) groups is 1. The van der Waals surface area contributed by atoms with Crippen LogP contribution in [0.5, 0.6) is 0 Å². The third-order valence-electron chi connectivity index (χ3n) is 2.61. The van der Waals surface area contributed by atoms with Gasteiger partial charge in [0.15, 0.2) is 5.78 Å². The van der Waals surface area contributed by atoms with Crippen LogP contribution in [0.4, 0.5) is 8.78 Å². The Morgan fingerprint density at radius 3 is 2.11 bits per heavy atom. The van der Waals surface area contributed by atoms with Gasteiger partial charge in [0.05, 0.1) is 0 Å². The average Bonchev–Trinajstić information content (AvgIpc) is 2.28. The van der Waals surface area contributed by atoms with Gasteiger partial charge in [0.25, 0.3) is 0 Å². The van der Waals surface area contributed by atoms with Crippen molar-refractivity contribution >= 4 is 28.4 Å². The lowest BCUT2D eigenvalue weighted by molar-refractivity contribution is 0.103. The second-order valence-corrected chi connectivity index (χ2v) is 5.07. The second-order valence-electron chi connectivity index (χ2n) is 3.91. The lowest BCUT2D eigenvalue weighted by Crippen LogP contribution is -2.06. The van der Waals surface area contributed by atoms with Gasteiger partial charge in [-0.25, -0.2) is 8.78 Å². The van der Waals surface area contributed by atoms with Crippen molar-refractivity contribution in [2.75, 3.05) is 0 Å². The summed E-state index contributed by atoms with van der Waals surface area (Å²) >= 11 is 1.91. The number of benzene rings is 2. The van der Waals surface area contributed by atoms with E-state index in [0.29, 0.717) is 20.3 Å². The highest BCUT2D eigenvalue weighted by Crippen LogP contribution is 2.20. The molecule has 0 aromatic heterocycles. The summed E-state index contributed by atoms with van der Waals surface area (Å²) < 4.78 is 26.5. The van der Waals surface area contributed by atoms with Gasteiger partial charge in [-0.2, -0.15) is 0 Å². The average molecular weight is 358 g/mol. The largest absolute Gasteiger partial charge is 0.289 e. The number of carbonyl (C=O) groups excluding carboxylic acids is 1. The molecule has 1 nitrogen and oxygen atoms in total. The number of ketones is 1. The molecule has 0 aliphatic rings. The maximum absolute atomic E-state index is 13.0. The lowest BCUT2D eigenvalue weighted by atomic mass is 9.99. The Hall–Kier alpha value is -1.30. The Bertz CT molecular complexity index is 570. The van der Waals surface area contributed by atoms with Gasteiger partial charge in [-0.1, -0.05) is 0 Å². The van der Waals surface area contributed by atoms with Gasteiger partial charge in [0, 0.05) is 14.7 Å². The molecule has 0 bridgehead atoms. The summed E-state index contributed by atoms with van der Waals surface area (Å²) in [5.41, 5.74) is 1.42. The molecule has 0 aliphatic carbocycles. The maximum atomic E-state index is 13.0. The van der Waals surface area contributed by atoms with Gasteiger partial charge in [-0.15, -0.1) is 0 Å². The van der Waals surface area contributed by atoms with Gasteiger partial charge in [0.1, 0.15) is 11.6 Å². The number of hydrogen-bond acceptors (Lipinski definition) is 1. The van der Waals surface area contributed by atoms with Crippen molar-refractivity contribution in [3.8, 4) is 0 Å². The van der Waals surface area contributed by atoms with Crippen LogP contribution in [0.15, 0.2) is 36.4 Å². The molecule has 2 aromatic carbocycles. The highest BCUT2D eigenvalue weighted by Gasteiger charge is 2.15. The minimum atomic E-state index is -0.383. The van der Waals surface area contributed by atoms with Gasteiger partial charge in [-0.3, -0.25) is 4.79 Å². The van der Waals surface area contributed by atoms with Gasteiger partial charge in [0.2, 0.25) is 0 Å². The molecule has 2 rings (SSSR count). The van der Waals surface area contributed by atoms with Crippen LogP contribution >= 0.6 is 22.6 Å². The van der Waals surface area contributed by atoms with E-state index >= 15 is 0 Å². The zero-order valence-corrected chi connectivity index (χ0v) is 11.7. The normalized spacial score (nSPS) is 10.4. The highest BCUT2D eigenvalue weighted by molar-refractivity contribution is 14.1. The minimum Gasteiger partial charge on any atom is -0.289 e. The van der Waals surface area contributed by atoms with E-state index in [1.807, 2.05) is 22.6 Å². The van der Waals surface area contributed by atoms with Crippen molar-refractivity contribution < 1.29 is 13.6 Å². The first-order valence-corrected chi connectivity index (χ1v) is 6.33. The molecule has 2 aromatic rings. The number of halogens is 3. The Kier molecular flexibility index (Phi) is 3.75. The molecule has 0 atom stereocenters. The van der Waals surface area contributed by atoms with E-state index < -0.39 is 0 Å². The van der Waals surface area contributed by atoms with E-state index in [2.05, 4.69) is 0 Å². The predicted octanol–water partition coefficient (Wildman–Crippen LogP) is 4.11. The molecule has 0 saturated carbocycles. The van der Waals surface area contributed by atoms with E-state index in [1.54, 1.807) is 6.92 Å². The standard InChI is InChI=1S/C14H9F2IO/c1-8-6-9(15)2-4-11(8)14(18)12-5-3-10(16)7-13(12)17/h2-7H,1H3. The predicted molar refractivity (Wildman–Crippen MR) is 73.7 cm³/mol. The first kappa shape index (κ1) is 13.1. The summed E-state index contributed by atoms with van der Waals surface area (Å²) in [7, 11) is 0. The first-order chi connectivity index (χ1) is 8.49. The smallest absolute Gasteiger partial charge is 0.194 e. The first-order valence-electron chi connectivity index (χ1n) is 5.25. The molecule has 0 fully saturated rings. The molecular formula is C14H9F2IO. The Balaban J connectivity index is 2.48. The molecule has 4 heteroatoms. The summed E-state index contributed by atoms with van der Waals surface area (Å²) in [6, 6.07) is 8.00. The van der Waals surface area contributed by atoms with E-state index in [9.17, 15) is 13.6 Å². The van der Waals surface area contributed by atoms with Crippen LogP contribution < -0.4 is 0 Å². The minimum absolute atomic E-state index is 0.225. The van der Waals surface area contributed by atoms with Crippen molar-refractivity contribution in [1.29, 1.82) is 0 Å². The van der Waals surface area contributed by atoms with Crippen LogP contribution in [-0.4, -0.2) is 5.78 Å². The van der Waals surface area contributed by atoms with Gasteiger partial charge < -0.3 is 0 Å². The van der Waals surface area contributed by atoms with Crippen LogP contribution in [-0.2, 0) is 0 Å². The number of aryl methyl sites for hydroxylation is 1. The Morgan fingerprint density at radius 2 is 1.56 bits per heavy atom. The van der Waals surface area contributed by atoms with E-state index in [-0.39, 0.29) is 17.4 Å². The van der Waals surface area contributed by atoms with Crippen molar-refractivity contribution in [3.05, 3.63) is 68.3 Å². The Labute approximate surface area is 117 Å². The summed E-state index contributed by atoms with van der Waals surface area (Å²) in [6.45, 7) is 1.67. The molecular weight excluding hydrogens is 349 g/mol. The highest BCUT2D eigenvalue weighted by atomic mass is 127. The topological polar surface area (TPSA) is 17.1 Å². The summed E-state index contributed by atoms with van der Waals surface area (Å²) in [5.74, 6) is -0.985. The molecule has 0 heterocycles. The Morgan fingerprint density at radius 1 is 1.00 bits per heavy atom. The monoisotopic (exact) mass is 358 g/mol. The van der Waals surface area contributed by atoms with Crippen molar-refractivity contribution in [2.45, 2.75) is 6.92 Å². The van der Waals surface area contributed by atoms with Crippen molar-refractivity contribution in [1.82, 2.24) is 0 Å². The fourth-order valence-corrected chi connectivity index (χ4v) is 2.42.